The number of hydrogen-bond acceptors (Lipinski definition) is 15. The Morgan fingerprint density at radius 1 is 0.639 bits per heavy atom. The number of esters is 1. The van der Waals surface area contributed by atoms with Crippen molar-refractivity contribution in [1.82, 2.24) is 0 Å². The molecule has 0 aliphatic heterocycles. The molecule has 0 bridgehead atoms. The van der Waals surface area contributed by atoms with Crippen molar-refractivity contribution in [2.24, 2.45) is 16.2 Å². The van der Waals surface area contributed by atoms with Crippen molar-refractivity contribution >= 4 is 54.3 Å². The summed E-state index contributed by atoms with van der Waals surface area (Å²) in [4.78, 5) is 26.3. The van der Waals surface area contributed by atoms with Crippen molar-refractivity contribution in [1.29, 1.82) is 0 Å². The van der Waals surface area contributed by atoms with Gasteiger partial charge < -0.3 is 52.0 Å². The fraction of sp³-hybridized carbons (Fsp3) is 0.955. The topological polar surface area (TPSA) is 180 Å². The first-order chi connectivity index (χ1) is 29.4. The molecule has 17 heteroatoms. The molecule has 0 aliphatic carbocycles. The Labute approximate surface area is 384 Å². The van der Waals surface area contributed by atoms with Crippen molar-refractivity contribution in [3.05, 3.63) is 0 Å². The van der Waals surface area contributed by atoms with E-state index in [1.165, 1.54) is 18.2 Å². The van der Waals surface area contributed by atoms with Crippen LogP contribution in [0.25, 0.3) is 0 Å². The number of ether oxygens (including phenoxy) is 2. The fourth-order valence-electron chi connectivity index (χ4n) is 6.88. The average molecular weight is 947 g/mol. The molecule has 364 valence electrons. The van der Waals surface area contributed by atoms with Gasteiger partial charge in [0, 0.05) is 61.7 Å². The summed E-state index contributed by atoms with van der Waals surface area (Å²) in [6.07, 6.45) is 13.7. The summed E-state index contributed by atoms with van der Waals surface area (Å²) in [5.74, 6) is -0.787. The van der Waals surface area contributed by atoms with E-state index in [0.29, 0.717) is 75.5 Å². The molecule has 0 radical (unpaired) electrons. The number of unbranched alkanes of at least 4 members (excludes halogenated alkanes) is 8. The first-order valence-electron chi connectivity index (χ1n) is 23.5. The van der Waals surface area contributed by atoms with Gasteiger partial charge in [-0.3, -0.25) is 9.59 Å². The molecule has 0 saturated carbocycles. The summed E-state index contributed by atoms with van der Waals surface area (Å²) in [6, 6.07) is 0.346. The molecule has 0 aromatic heterocycles. The molecule has 0 amide bonds. The molecule has 13 nitrogen and oxygen atoms in total. The van der Waals surface area contributed by atoms with Crippen LogP contribution in [0.5, 0.6) is 0 Å². The van der Waals surface area contributed by atoms with Crippen LogP contribution in [0, 0.1) is 16.2 Å². The highest BCUT2D eigenvalue weighted by Gasteiger charge is 2.56. The fourth-order valence-corrected chi connectivity index (χ4v) is 11.8. The van der Waals surface area contributed by atoms with Crippen LogP contribution >= 0.6 is 24.4 Å². The summed E-state index contributed by atoms with van der Waals surface area (Å²) in [7, 11) is -5.42. The summed E-state index contributed by atoms with van der Waals surface area (Å²) in [6.45, 7) is 12.9. The van der Waals surface area contributed by atoms with Gasteiger partial charge in [0.05, 0.1) is 45.1 Å². The second-order valence-electron chi connectivity index (χ2n) is 16.6. The normalized spacial score (nSPS) is 15.5. The maximum Gasteiger partial charge on any atom is 0.501 e. The molecule has 3 unspecified atom stereocenters. The Hall–Kier alpha value is -0.126. The van der Waals surface area contributed by atoms with Crippen LogP contribution in [0.4, 0.5) is 0 Å². The van der Waals surface area contributed by atoms with Gasteiger partial charge in [0.1, 0.15) is 6.61 Å². The zero-order valence-corrected chi connectivity index (χ0v) is 43.6. The molecule has 0 rings (SSSR count). The highest BCUT2D eigenvalue weighted by Crippen LogP contribution is 2.46. The predicted molar refractivity (Wildman–Crippen MR) is 253 cm³/mol. The zero-order chi connectivity index (χ0) is 45.9. The van der Waals surface area contributed by atoms with E-state index in [-0.39, 0.29) is 77.0 Å². The lowest BCUT2D eigenvalue weighted by Crippen LogP contribution is -2.61. The van der Waals surface area contributed by atoms with Crippen LogP contribution < -0.4 is 0 Å². The lowest BCUT2D eigenvalue weighted by molar-refractivity contribution is -0.297. The molecular formula is C44H90O13S2Si2. The lowest BCUT2D eigenvalue weighted by Gasteiger charge is -2.51. The monoisotopic (exact) mass is 947 g/mol. The number of carbonyl (C=O) groups excluding carboxylic acids is 2. The van der Waals surface area contributed by atoms with Gasteiger partial charge in [0.25, 0.3) is 0 Å². The van der Waals surface area contributed by atoms with Gasteiger partial charge in [0.2, 0.25) is 0 Å². The third-order valence-corrected chi connectivity index (χ3v) is 17.4. The zero-order valence-electron chi connectivity index (χ0n) is 39.4. The average Bonchev–Trinajstić information content (AvgIpc) is 3.28. The van der Waals surface area contributed by atoms with Crippen LogP contribution in [-0.2, 0) is 41.2 Å². The van der Waals surface area contributed by atoms with E-state index in [1.807, 2.05) is 34.6 Å². The van der Waals surface area contributed by atoms with E-state index in [2.05, 4.69) is 26.5 Å². The summed E-state index contributed by atoms with van der Waals surface area (Å²) in [5, 5.41) is 42.0. The third kappa shape index (κ3) is 22.8. The Morgan fingerprint density at radius 3 is 1.74 bits per heavy atom. The van der Waals surface area contributed by atoms with Crippen LogP contribution in [0.3, 0.4) is 0 Å². The molecule has 0 aromatic carbocycles. The van der Waals surface area contributed by atoms with Gasteiger partial charge in [0.15, 0.2) is 10.9 Å². The van der Waals surface area contributed by atoms with Crippen molar-refractivity contribution in [3.8, 4) is 0 Å². The highest BCUT2D eigenvalue weighted by molar-refractivity contribution is 8.13. The number of aliphatic hydroxyl groups is 4. The molecule has 0 spiro atoms. The Balaban J connectivity index is 7.28. The largest absolute Gasteiger partial charge is 0.501 e. The van der Waals surface area contributed by atoms with Gasteiger partial charge in [-0.2, -0.15) is 12.6 Å². The highest BCUT2D eigenvalue weighted by atomic mass is 32.2. The number of thioether (sulfide) groups is 1. The van der Waals surface area contributed by atoms with Crippen molar-refractivity contribution in [2.75, 3.05) is 77.6 Å². The molecule has 61 heavy (non-hydrogen) atoms. The second-order valence-corrected chi connectivity index (χ2v) is 21.9. The number of rotatable bonds is 44. The predicted octanol–water partition coefficient (Wildman–Crippen LogP) is 7.54. The molecular weight excluding hydrogens is 857 g/mol. The minimum absolute atomic E-state index is 0.0280. The van der Waals surface area contributed by atoms with Gasteiger partial charge >= 0.3 is 24.8 Å². The molecule has 0 aromatic rings. The standard InChI is InChI=1S/C44H90O13S2Si2/c1-8-15-17-19-21-25-39(49)51-37-43(12-5,44(27-23-28-58,57-60-53-13-6)52-35-41(10-3,31-45)32-46)38-56-61(54-14-7,55-36-42(11-4,33-47)34-48)30-24-29-59-40(50)26-22-20-18-16-9-2/h45-48,58H,8-38,60H2,1-7H3. The minimum atomic E-state index is -3.72. The van der Waals surface area contributed by atoms with E-state index >= 15 is 0 Å². The number of carbonyl (C=O) groups is 2. The quantitative estimate of drug-likeness (QED) is 0.0133. The molecule has 3 atom stereocenters. The first-order valence-corrected chi connectivity index (χ1v) is 28.2. The summed E-state index contributed by atoms with van der Waals surface area (Å²) < 4.78 is 46.2. The minimum Gasteiger partial charge on any atom is -0.465 e. The smallest absolute Gasteiger partial charge is 0.465 e. The van der Waals surface area contributed by atoms with E-state index in [4.69, 9.17) is 31.6 Å². The Kier molecular flexibility index (Phi) is 36.0. The molecule has 0 aliphatic rings. The van der Waals surface area contributed by atoms with E-state index in [1.54, 1.807) is 0 Å². The third-order valence-electron chi connectivity index (χ3n) is 12.1. The van der Waals surface area contributed by atoms with Crippen LogP contribution in [-0.4, -0.2) is 134 Å². The van der Waals surface area contributed by atoms with Crippen LogP contribution in [0.2, 0.25) is 6.04 Å². The molecule has 0 saturated heterocycles. The first kappa shape index (κ1) is 60.9. The number of thiol groups is 1. The van der Waals surface area contributed by atoms with Crippen LogP contribution in [0.15, 0.2) is 0 Å². The lowest BCUT2D eigenvalue weighted by atomic mass is 9.75. The summed E-state index contributed by atoms with van der Waals surface area (Å²) >= 11 is 5.88. The van der Waals surface area contributed by atoms with Gasteiger partial charge in [-0.15, -0.1) is 0 Å². The number of hydrogen-bond donors (Lipinski definition) is 5. The van der Waals surface area contributed by atoms with E-state index in [9.17, 15) is 30.0 Å². The number of aliphatic hydroxyl groups excluding tert-OH is 4. The maximum atomic E-state index is 13.5. The van der Waals surface area contributed by atoms with E-state index < -0.39 is 40.8 Å². The molecule has 0 heterocycles. The molecule has 4 N–H and O–H groups in total. The van der Waals surface area contributed by atoms with Gasteiger partial charge in [-0.25, -0.2) is 0 Å². The van der Waals surface area contributed by atoms with Gasteiger partial charge in [-0.1, -0.05) is 97.7 Å². The Morgan fingerprint density at radius 2 is 1.21 bits per heavy atom. The maximum absolute atomic E-state index is 13.5. The van der Waals surface area contributed by atoms with Crippen molar-refractivity contribution in [3.63, 3.8) is 0 Å². The Bertz CT molecular complexity index is 1080. The van der Waals surface area contributed by atoms with Crippen molar-refractivity contribution < 1.29 is 61.6 Å². The van der Waals surface area contributed by atoms with E-state index in [0.717, 1.165) is 51.4 Å². The van der Waals surface area contributed by atoms with Crippen molar-refractivity contribution in [2.45, 2.75) is 176 Å². The second kappa shape index (κ2) is 36.0. The molecule has 0 fully saturated rings. The SMILES string of the molecule is CCCCCCCC(=O)OCC(CC)(CO[Si](CCCSC(=O)CCCCCCC)(OCC)OCC(CC)(CO)CO)C(CCCS)(OCC(CC)(CO)CO)O[SiH2]OCC. The summed E-state index contributed by atoms with van der Waals surface area (Å²) in [5.41, 5.74) is -3.10. The van der Waals surface area contributed by atoms with Crippen LogP contribution in [0.1, 0.15) is 164 Å². The van der Waals surface area contributed by atoms with Gasteiger partial charge in [-0.05, 0) is 64.5 Å².